The molecule has 1 aromatic carbocycles. The van der Waals surface area contributed by atoms with E-state index >= 15 is 0 Å². The van der Waals surface area contributed by atoms with E-state index < -0.39 is 0 Å². The molecule has 0 bridgehead atoms. The van der Waals surface area contributed by atoms with Crippen LogP contribution in [0.4, 0.5) is 5.69 Å². The summed E-state index contributed by atoms with van der Waals surface area (Å²) in [5, 5.41) is 12.6. The minimum atomic E-state index is 0.462. The van der Waals surface area contributed by atoms with Gasteiger partial charge in [-0.25, -0.2) is 0 Å². The molecule has 114 valence electrons. The van der Waals surface area contributed by atoms with Gasteiger partial charge in [0.25, 0.3) is 0 Å². The van der Waals surface area contributed by atoms with Crippen LogP contribution in [-0.4, -0.2) is 10.5 Å². The van der Waals surface area contributed by atoms with E-state index in [4.69, 9.17) is 8.83 Å². The highest BCUT2D eigenvalue weighted by Crippen LogP contribution is 2.12. The first kappa shape index (κ1) is 14.7. The van der Waals surface area contributed by atoms with Crippen molar-refractivity contribution < 1.29 is 13.6 Å². The van der Waals surface area contributed by atoms with Crippen LogP contribution in [0.3, 0.4) is 0 Å². The lowest BCUT2D eigenvalue weighted by Gasteiger charge is -2.05. The van der Waals surface area contributed by atoms with Gasteiger partial charge in [0.1, 0.15) is 11.5 Å². The standard InChI is InChI=1S/C19H15NO3/c21-20(16-6-2-1-3-7-16)17(10-12-18-8-4-14-22-18)11-13-19-9-5-15-23-19/h1-15H/b12-10+,13-11+. The van der Waals surface area contributed by atoms with Crippen LogP contribution < -0.4 is 0 Å². The van der Waals surface area contributed by atoms with Gasteiger partial charge in [0.05, 0.1) is 12.5 Å². The summed E-state index contributed by atoms with van der Waals surface area (Å²) in [6, 6.07) is 16.3. The van der Waals surface area contributed by atoms with Gasteiger partial charge in [-0.05, 0) is 36.4 Å². The van der Waals surface area contributed by atoms with E-state index in [0.717, 1.165) is 4.74 Å². The van der Waals surface area contributed by atoms with Gasteiger partial charge in [0.2, 0.25) is 11.4 Å². The van der Waals surface area contributed by atoms with Crippen molar-refractivity contribution >= 4 is 23.6 Å². The molecule has 23 heavy (non-hydrogen) atoms. The Bertz CT molecular complexity index is 765. The van der Waals surface area contributed by atoms with Crippen LogP contribution in [0.15, 0.2) is 88.1 Å². The lowest BCUT2D eigenvalue weighted by atomic mass is 10.2. The van der Waals surface area contributed by atoms with Crippen LogP contribution in [0.2, 0.25) is 0 Å². The predicted octanol–water partition coefficient (Wildman–Crippen LogP) is 4.88. The Morgan fingerprint density at radius 3 is 1.83 bits per heavy atom. The Morgan fingerprint density at radius 1 is 0.783 bits per heavy atom. The number of rotatable bonds is 5. The molecule has 0 N–H and O–H groups in total. The number of hydrogen-bond donors (Lipinski definition) is 0. The highest BCUT2D eigenvalue weighted by molar-refractivity contribution is 6.05. The Labute approximate surface area is 133 Å². The highest BCUT2D eigenvalue weighted by atomic mass is 16.5. The van der Waals surface area contributed by atoms with Crippen molar-refractivity contribution in [2.24, 2.45) is 0 Å². The van der Waals surface area contributed by atoms with Gasteiger partial charge >= 0.3 is 0 Å². The molecule has 4 nitrogen and oxygen atoms in total. The first-order valence-electron chi connectivity index (χ1n) is 7.15. The first-order valence-corrected chi connectivity index (χ1v) is 7.15. The number of furan rings is 2. The van der Waals surface area contributed by atoms with E-state index in [0.29, 0.717) is 22.9 Å². The van der Waals surface area contributed by atoms with Gasteiger partial charge in [-0.3, -0.25) is 0 Å². The van der Waals surface area contributed by atoms with Gasteiger partial charge < -0.3 is 14.0 Å². The Balaban J connectivity index is 1.95. The molecule has 0 spiro atoms. The maximum atomic E-state index is 12.6. The normalized spacial score (nSPS) is 11.3. The largest absolute Gasteiger partial charge is 0.618 e. The molecular weight excluding hydrogens is 290 g/mol. The fourth-order valence-corrected chi connectivity index (χ4v) is 2.01. The number of hydrogen-bond acceptors (Lipinski definition) is 3. The summed E-state index contributed by atoms with van der Waals surface area (Å²) in [4.78, 5) is 0. The summed E-state index contributed by atoms with van der Waals surface area (Å²) in [6.45, 7) is 0. The summed E-state index contributed by atoms with van der Waals surface area (Å²) < 4.78 is 11.4. The average Bonchev–Trinajstić information content (AvgIpc) is 3.29. The molecule has 0 aliphatic carbocycles. The van der Waals surface area contributed by atoms with Gasteiger partial charge in [-0.15, -0.1) is 0 Å². The molecule has 0 aliphatic heterocycles. The number of para-hydroxylation sites is 1. The summed E-state index contributed by atoms with van der Waals surface area (Å²) in [5.41, 5.74) is 1.01. The second-order valence-corrected chi connectivity index (χ2v) is 4.75. The molecule has 0 amide bonds. The summed E-state index contributed by atoms with van der Waals surface area (Å²) in [7, 11) is 0. The molecule has 0 saturated heterocycles. The van der Waals surface area contributed by atoms with E-state index in [-0.39, 0.29) is 0 Å². The summed E-state index contributed by atoms with van der Waals surface area (Å²) in [5.74, 6) is 1.35. The van der Waals surface area contributed by atoms with E-state index in [1.165, 1.54) is 0 Å². The predicted molar refractivity (Wildman–Crippen MR) is 90.2 cm³/mol. The maximum absolute atomic E-state index is 12.6. The molecule has 3 rings (SSSR count). The SMILES string of the molecule is [O-][N+](=C(/C=C/c1ccco1)/C=C/c1ccco1)c1ccccc1. The van der Waals surface area contributed by atoms with Gasteiger partial charge in [0, 0.05) is 24.3 Å². The quantitative estimate of drug-likeness (QED) is 0.292. The molecule has 0 atom stereocenters. The van der Waals surface area contributed by atoms with Crippen molar-refractivity contribution in [1.29, 1.82) is 0 Å². The molecule has 0 aliphatic rings. The molecule has 0 saturated carbocycles. The Morgan fingerprint density at radius 2 is 1.35 bits per heavy atom. The molecular formula is C19H15NO3. The topological polar surface area (TPSA) is 52.4 Å². The summed E-state index contributed by atoms with van der Waals surface area (Å²) in [6.07, 6.45) is 10.1. The van der Waals surface area contributed by atoms with Gasteiger partial charge in [0.15, 0.2) is 0 Å². The van der Waals surface area contributed by atoms with Crippen molar-refractivity contribution in [3.05, 3.63) is 96.0 Å². The highest BCUT2D eigenvalue weighted by Gasteiger charge is 2.06. The Hall–Kier alpha value is -3.27. The number of benzene rings is 1. The lowest BCUT2D eigenvalue weighted by molar-refractivity contribution is -0.358. The van der Waals surface area contributed by atoms with Crippen LogP contribution >= 0.6 is 0 Å². The van der Waals surface area contributed by atoms with Crippen molar-refractivity contribution in [3.63, 3.8) is 0 Å². The zero-order valence-corrected chi connectivity index (χ0v) is 12.3. The fraction of sp³-hybridized carbons (Fsp3) is 0. The van der Waals surface area contributed by atoms with Crippen LogP contribution in [-0.2, 0) is 0 Å². The lowest BCUT2D eigenvalue weighted by Crippen LogP contribution is -2.06. The third-order valence-corrected chi connectivity index (χ3v) is 3.15. The van der Waals surface area contributed by atoms with E-state index in [1.54, 1.807) is 61.1 Å². The van der Waals surface area contributed by atoms with Crippen LogP contribution in [0.25, 0.3) is 12.2 Å². The zero-order valence-electron chi connectivity index (χ0n) is 12.3. The molecule has 3 aromatic rings. The van der Waals surface area contributed by atoms with Gasteiger partial charge in [-0.1, -0.05) is 18.2 Å². The molecule has 0 unspecified atom stereocenters. The molecule has 0 radical (unpaired) electrons. The van der Waals surface area contributed by atoms with E-state index in [9.17, 15) is 5.21 Å². The van der Waals surface area contributed by atoms with Crippen molar-refractivity contribution in [2.45, 2.75) is 0 Å². The van der Waals surface area contributed by atoms with Gasteiger partial charge in [-0.2, -0.15) is 4.74 Å². The molecule has 0 fully saturated rings. The summed E-state index contributed by atoms with van der Waals surface area (Å²) >= 11 is 0. The Kier molecular flexibility index (Phi) is 4.55. The van der Waals surface area contributed by atoms with Crippen molar-refractivity contribution in [2.75, 3.05) is 0 Å². The molecule has 2 heterocycles. The fourth-order valence-electron chi connectivity index (χ4n) is 2.01. The number of nitrogens with zero attached hydrogens (tertiary/aromatic N) is 1. The maximum Gasteiger partial charge on any atom is 0.217 e. The third-order valence-electron chi connectivity index (χ3n) is 3.15. The van der Waals surface area contributed by atoms with Crippen molar-refractivity contribution in [1.82, 2.24) is 0 Å². The third kappa shape index (κ3) is 3.89. The molecule has 2 aromatic heterocycles. The first-order chi connectivity index (χ1) is 11.3. The van der Waals surface area contributed by atoms with Crippen molar-refractivity contribution in [3.8, 4) is 0 Å². The second-order valence-electron chi connectivity index (χ2n) is 4.75. The van der Waals surface area contributed by atoms with E-state index in [1.807, 2.05) is 30.3 Å². The minimum Gasteiger partial charge on any atom is -0.618 e. The smallest absolute Gasteiger partial charge is 0.217 e. The van der Waals surface area contributed by atoms with E-state index in [2.05, 4.69) is 0 Å². The zero-order chi connectivity index (χ0) is 15.9. The molecule has 4 heteroatoms. The van der Waals surface area contributed by atoms with Crippen LogP contribution in [0.5, 0.6) is 0 Å². The minimum absolute atomic E-state index is 0.462. The monoisotopic (exact) mass is 305 g/mol. The van der Waals surface area contributed by atoms with Crippen LogP contribution in [0, 0.1) is 5.21 Å². The number of allylic oxidation sites excluding steroid dienone is 2. The average molecular weight is 305 g/mol. The second kappa shape index (κ2) is 7.13. The van der Waals surface area contributed by atoms with Crippen LogP contribution in [0.1, 0.15) is 11.5 Å².